The molecule has 3 N–H and O–H groups in total. The zero-order valence-electron chi connectivity index (χ0n) is 10.1. The van der Waals surface area contributed by atoms with Crippen LogP contribution in [-0.2, 0) is 4.79 Å². The van der Waals surface area contributed by atoms with Gasteiger partial charge in [0, 0.05) is 11.6 Å². The number of hydrogen-bond acceptors (Lipinski definition) is 4. The molecule has 5 heteroatoms. The average molecular weight is 261 g/mol. The van der Waals surface area contributed by atoms with E-state index in [4.69, 9.17) is 5.73 Å². The third-order valence-corrected chi connectivity index (χ3v) is 4.19. The van der Waals surface area contributed by atoms with Crippen molar-refractivity contribution in [2.75, 3.05) is 5.32 Å². The Hall–Kier alpha value is -1.46. The summed E-state index contributed by atoms with van der Waals surface area (Å²) in [6.45, 7) is 1.67. The van der Waals surface area contributed by atoms with Crippen LogP contribution in [0.1, 0.15) is 30.7 Å². The van der Waals surface area contributed by atoms with Gasteiger partial charge >= 0.3 is 0 Å². The molecule has 1 atom stereocenters. The Morgan fingerprint density at radius 2 is 2.33 bits per heavy atom. The van der Waals surface area contributed by atoms with Crippen molar-refractivity contribution in [1.29, 1.82) is 0 Å². The van der Waals surface area contributed by atoms with Crippen LogP contribution in [0, 0.1) is 0 Å². The summed E-state index contributed by atoms with van der Waals surface area (Å²) < 4.78 is 1.12. The molecule has 0 spiro atoms. The molecule has 1 aliphatic rings. The normalized spacial score (nSPS) is 16.8. The second-order valence-electron chi connectivity index (χ2n) is 4.79. The predicted molar refractivity (Wildman–Crippen MR) is 73.9 cm³/mol. The number of fused-ring (bicyclic) bond motifs is 1. The Labute approximate surface area is 109 Å². The molecule has 1 aromatic heterocycles. The first-order chi connectivity index (χ1) is 8.63. The summed E-state index contributed by atoms with van der Waals surface area (Å²) in [5, 5.41) is 4.03. The molecule has 1 amide bonds. The van der Waals surface area contributed by atoms with Gasteiger partial charge in [0.15, 0.2) is 0 Å². The number of carbonyl (C=O) groups is 1. The molecule has 1 saturated carbocycles. The van der Waals surface area contributed by atoms with Gasteiger partial charge in [0.1, 0.15) is 0 Å². The number of aromatic nitrogens is 1. The maximum Gasteiger partial charge on any atom is 0.240 e. The lowest BCUT2D eigenvalue weighted by Gasteiger charge is -2.07. The topological polar surface area (TPSA) is 68.0 Å². The van der Waals surface area contributed by atoms with E-state index < -0.39 is 6.04 Å². The maximum absolute atomic E-state index is 11.5. The second-order valence-corrected chi connectivity index (χ2v) is 5.85. The molecular formula is C13H15N3OS. The van der Waals surface area contributed by atoms with Crippen LogP contribution in [0.3, 0.4) is 0 Å². The monoisotopic (exact) mass is 261 g/mol. The van der Waals surface area contributed by atoms with Gasteiger partial charge in [0.25, 0.3) is 0 Å². The lowest BCUT2D eigenvalue weighted by molar-refractivity contribution is -0.117. The van der Waals surface area contributed by atoms with E-state index in [1.807, 2.05) is 18.2 Å². The molecule has 1 fully saturated rings. The van der Waals surface area contributed by atoms with Crippen molar-refractivity contribution in [3.8, 4) is 0 Å². The Kier molecular flexibility index (Phi) is 2.80. The number of nitrogens with zero attached hydrogens (tertiary/aromatic N) is 1. The molecule has 3 rings (SSSR count). The number of thiazole rings is 1. The first-order valence-corrected chi connectivity index (χ1v) is 6.92. The summed E-state index contributed by atoms with van der Waals surface area (Å²) in [6, 6.07) is 5.30. The Bertz CT molecular complexity index is 601. The number of rotatable bonds is 3. The molecule has 1 heterocycles. The molecule has 0 bridgehead atoms. The maximum atomic E-state index is 11.5. The van der Waals surface area contributed by atoms with E-state index >= 15 is 0 Å². The van der Waals surface area contributed by atoms with Gasteiger partial charge in [-0.25, -0.2) is 4.98 Å². The van der Waals surface area contributed by atoms with Crippen molar-refractivity contribution >= 4 is 33.1 Å². The fourth-order valence-electron chi connectivity index (χ4n) is 1.78. The van der Waals surface area contributed by atoms with Crippen molar-refractivity contribution < 1.29 is 4.79 Å². The minimum atomic E-state index is -0.496. The largest absolute Gasteiger partial charge is 0.325 e. The van der Waals surface area contributed by atoms with E-state index in [0.717, 1.165) is 15.9 Å². The number of hydrogen-bond donors (Lipinski definition) is 2. The van der Waals surface area contributed by atoms with Gasteiger partial charge in [-0.1, -0.05) is 0 Å². The molecular weight excluding hydrogens is 246 g/mol. The van der Waals surface area contributed by atoms with Gasteiger partial charge < -0.3 is 11.1 Å². The Balaban J connectivity index is 1.88. The van der Waals surface area contributed by atoms with E-state index in [1.54, 1.807) is 18.3 Å². The van der Waals surface area contributed by atoms with Crippen molar-refractivity contribution in [3.05, 3.63) is 23.2 Å². The molecule has 18 heavy (non-hydrogen) atoms. The molecule has 0 radical (unpaired) electrons. The molecule has 0 saturated heterocycles. The summed E-state index contributed by atoms with van der Waals surface area (Å²) in [4.78, 5) is 16.1. The number of amides is 1. The Morgan fingerprint density at radius 3 is 3.00 bits per heavy atom. The van der Waals surface area contributed by atoms with Gasteiger partial charge in [0.05, 0.1) is 21.3 Å². The summed E-state index contributed by atoms with van der Waals surface area (Å²) >= 11 is 1.72. The molecule has 94 valence electrons. The first kappa shape index (κ1) is 11.6. The van der Waals surface area contributed by atoms with Crippen molar-refractivity contribution in [2.45, 2.75) is 31.7 Å². The van der Waals surface area contributed by atoms with Gasteiger partial charge in [-0.15, -0.1) is 11.3 Å². The van der Waals surface area contributed by atoms with Crippen molar-refractivity contribution in [3.63, 3.8) is 0 Å². The van der Waals surface area contributed by atoms with Crippen LogP contribution < -0.4 is 11.1 Å². The molecule has 1 aromatic carbocycles. The lowest BCUT2D eigenvalue weighted by Crippen LogP contribution is -2.32. The number of anilines is 1. The van der Waals surface area contributed by atoms with Gasteiger partial charge in [-0.3, -0.25) is 4.79 Å². The van der Waals surface area contributed by atoms with E-state index in [0.29, 0.717) is 5.92 Å². The van der Waals surface area contributed by atoms with Crippen LogP contribution >= 0.6 is 11.3 Å². The minimum absolute atomic E-state index is 0.165. The predicted octanol–water partition coefficient (Wildman–Crippen LogP) is 2.46. The van der Waals surface area contributed by atoms with Gasteiger partial charge in [0.2, 0.25) is 5.91 Å². The van der Waals surface area contributed by atoms with Gasteiger partial charge in [-0.2, -0.15) is 0 Å². The van der Waals surface area contributed by atoms with Crippen LogP contribution in [0.2, 0.25) is 0 Å². The summed E-state index contributed by atoms with van der Waals surface area (Å²) in [5.41, 5.74) is 7.33. The zero-order valence-corrected chi connectivity index (χ0v) is 11.0. The standard InChI is InChI=1S/C13H15N3OS/c1-7(14)12(17)15-9-4-5-10-11(6-9)18-13(16-10)8-2-3-8/h4-8H,2-3,14H2,1H3,(H,15,17)/t7-/m1/s1. The third kappa shape index (κ3) is 2.23. The Morgan fingerprint density at radius 1 is 1.56 bits per heavy atom. The van der Waals surface area contributed by atoms with Crippen LogP contribution in [0.5, 0.6) is 0 Å². The highest BCUT2D eigenvalue weighted by molar-refractivity contribution is 7.18. The zero-order chi connectivity index (χ0) is 12.7. The third-order valence-electron chi connectivity index (χ3n) is 3.01. The average Bonchev–Trinajstić information content (AvgIpc) is 3.09. The van der Waals surface area contributed by atoms with Crippen LogP contribution in [-0.4, -0.2) is 16.9 Å². The molecule has 2 aromatic rings. The minimum Gasteiger partial charge on any atom is -0.325 e. The number of nitrogens with two attached hydrogens (primary N) is 1. The summed E-state index contributed by atoms with van der Waals surface area (Å²) in [7, 11) is 0. The van der Waals surface area contributed by atoms with Crippen LogP contribution in [0.4, 0.5) is 5.69 Å². The lowest BCUT2D eigenvalue weighted by atomic mass is 10.2. The van der Waals surface area contributed by atoms with Crippen LogP contribution in [0.15, 0.2) is 18.2 Å². The molecule has 0 aliphatic heterocycles. The van der Waals surface area contributed by atoms with Crippen LogP contribution in [0.25, 0.3) is 10.2 Å². The fraction of sp³-hybridized carbons (Fsp3) is 0.385. The van der Waals surface area contributed by atoms with E-state index in [1.165, 1.54) is 17.8 Å². The van der Waals surface area contributed by atoms with E-state index in [9.17, 15) is 4.79 Å². The number of carbonyl (C=O) groups excluding carboxylic acids is 1. The highest BCUT2D eigenvalue weighted by Crippen LogP contribution is 2.43. The summed E-state index contributed by atoms with van der Waals surface area (Å²) in [6.07, 6.45) is 2.52. The molecule has 1 aliphatic carbocycles. The first-order valence-electron chi connectivity index (χ1n) is 6.10. The second kappa shape index (κ2) is 4.33. The van der Waals surface area contributed by atoms with Crippen molar-refractivity contribution in [2.24, 2.45) is 5.73 Å². The highest BCUT2D eigenvalue weighted by Gasteiger charge is 2.26. The molecule has 0 unspecified atom stereocenters. The quantitative estimate of drug-likeness (QED) is 0.891. The number of nitrogens with one attached hydrogen (secondary N) is 1. The summed E-state index contributed by atoms with van der Waals surface area (Å²) in [5.74, 6) is 0.505. The molecule has 4 nitrogen and oxygen atoms in total. The highest BCUT2D eigenvalue weighted by atomic mass is 32.1. The van der Waals surface area contributed by atoms with E-state index in [-0.39, 0.29) is 5.91 Å². The van der Waals surface area contributed by atoms with Gasteiger partial charge in [-0.05, 0) is 38.0 Å². The van der Waals surface area contributed by atoms with Crippen molar-refractivity contribution in [1.82, 2.24) is 4.98 Å². The number of benzene rings is 1. The fourth-order valence-corrected chi connectivity index (χ4v) is 2.96. The SMILES string of the molecule is C[C@@H](N)C(=O)Nc1ccc2nc(C3CC3)sc2c1. The van der Waals surface area contributed by atoms with E-state index in [2.05, 4.69) is 10.3 Å². The smallest absolute Gasteiger partial charge is 0.240 e.